The molecule has 98 valence electrons. The molecule has 1 aliphatic carbocycles. The molecule has 0 radical (unpaired) electrons. The molecule has 3 N–H and O–H groups in total. The Kier molecular flexibility index (Phi) is 3.20. The zero-order valence-corrected chi connectivity index (χ0v) is 11.1. The normalized spacial score (nSPS) is 15.3. The molecular weight excluding hydrogens is 228 g/mol. The van der Waals surface area contributed by atoms with Gasteiger partial charge in [0, 0.05) is 22.9 Å². The van der Waals surface area contributed by atoms with E-state index >= 15 is 0 Å². The maximum atomic E-state index is 12.2. The fourth-order valence-electron chi connectivity index (χ4n) is 2.14. The number of nitrogens with one attached hydrogen (secondary N) is 1. The summed E-state index contributed by atoms with van der Waals surface area (Å²) >= 11 is 0. The smallest absolute Gasteiger partial charge is 0.251 e. The van der Waals surface area contributed by atoms with Gasteiger partial charge in [-0.25, -0.2) is 0 Å². The lowest BCUT2D eigenvalue weighted by molar-refractivity contribution is 0.0903. The highest BCUT2D eigenvalue weighted by Crippen LogP contribution is 2.39. The molecule has 0 bridgehead atoms. The molecule has 0 atom stereocenters. The summed E-state index contributed by atoms with van der Waals surface area (Å²) in [6, 6.07) is 5.07. The predicted molar refractivity (Wildman–Crippen MR) is 71.7 cm³/mol. The van der Waals surface area contributed by atoms with Crippen LogP contribution in [0.25, 0.3) is 0 Å². The average molecular weight is 248 g/mol. The van der Waals surface area contributed by atoms with Crippen LogP contribution in [0.5, 0.6) is 5.75 Å². The number of methoxy groups -OCH3 is 1. The molecule has 0 unspecified atom stereocenters. The van der Waals surface area contributed by atoms with Crippen molar-refractivity contribution in [1.29, 1.82) is 0 Å². The summed E-state index contributed by atoms with van der Waals surface area (Å²) in [6.07, 6.45) is 2.38. The van der Waals surface area contributed by atoms with Crippen molar-refractivity contribution in [3.63, 3.8) is 0 Å². The van der Waals surface area contributed by atoms with Gasteiger partial charge >= 0.3 is 0 Å². The van der Waals surface area contributed by atoms with Crippen molar-refractivity contribution >= 4 is 11.6 Å². The average Bonchev–Trinajstić information content (AvgIpc) is 3.11. The molecule has 4 nitrogen and oxygen atoms in total. The summed E-state index contributed by atoms with van der Waals surface area (Å²) in [5.41, 5.74) is 6.66. The minimum absolute atomic E-state index is 0.0995. The number of amides is 1. The van der Waals surface area contributed by atoms with Gasteiger partial charge in [0.1, 0.15) is 5.75 Å². The predicted octanol–water partition coefficient (Wildman–Crippen LogP) is 2.20. The van der Waals surface area contributed by atoms with E-state index in [0.717, 1.165) is 0 Å². The second-order valence-corrected chi connectivity index (χ2v) is 5.44. The van der Waals surface area contributed by atoms with Gasteiger partial charge < -0.3 is 15.8 Å². The summed E-state index contributed by atoms with van der Waals surface area (Å²) < 4.78 is 5.12. The lowest BCUT2D eigenvalue weighted by Crippen LogP contribution is -2.45. The van der Waals surface area contributed by atoms with Crippen LogP contribution in [0.1, 0.15) is 37.0 Å². The van der Waals surface area contributed by atoms with Crippen molar-refractivity contribution in [3.05, 3.63) is 23.8 Å². The van der Waals surface area contributed by atoms with Crippen LogP contribution < -0.4 is 15.8 Å². The summed E-state index contributed by atoms with van der Waals surface area (Å²) in [5.74, 6) is 1.09. The highest BCUT2D eigenvalue weighted by Gasteiger charge is 2.38. The fraction of sp³-hybridized carbons (Fsp3) is 0.500. The molecule has 0 saturated heterocycles. The number of nitrogens with two attached hydrogens (primary N) is 1. The molecule has 1 aromatic carbocycles. The van der Waals surface area contributed by atoms with Crippen LogP contribution >= 0.6 is 0 Å². The topological polar surface area (TPSA) is 64.3 Å². The van der Waals surface area contributed by atoms with Crippen LogP contribution in [0.15, 0.2) is 18.2 Å². The largest absolute Gasteiger partial charge is 0.497 e. The van der Waals surface area contributed by atoms with Crippen molar-refractivity contribution in [2.75, 3.05) is 12.8 Å². The Labute approximate surface area is 108 Å². The number of rotatable bonds is 4. The number of benzene rings is 1. The van der Waals surface area contributed by atoms with Crippen LogP contribution in [0, 0.1) is 5.92 Å². The Hall–Kier alpha value is -1.71. The van der Waals surface area contributed by atoms with Crippen molar-refractivity contribution < 1.29 is 9.53 Å². The molecule has 0 aliphatic heterocycles. The van der Waals surface area contributed by atoms with Gasteiger partial charge in [-0.1, -0.05) is 0 Å². The Morgan fingerprint density at radius 1 is 1.39 bits per heavy atom. The lowest BCUT2D eigenvalue weighted by atomic mass is 9.98. The van der Waals surface area contributed by atoms with Crippen LogP contribution in [0.4, 0.5) is 5.69 Å². The number of carbonyl (C=O) groups excluding carboxylic acids is 1. The number of ether oxygens (including phenoxy) is 1. The first-order valence-electron chi connectivity index (χ1n) is 6.19. The van der Waals surface area contributed by atoms with Crippen molar-refractivity contribution in [3.8, 4) is 5.75 Å². The number of hydrogen-bond donors (Lipinski definition) is 2. The molecule has 1 saturated carbocycles. The molecular formula is C14H20N2O2. The molecule has 0 heterocycles. The number of nitrogen functional groups attached to an aromatic ring is 1. The van der Waals surface area contributed by atoms with E-state index in [2.05, 4.69) is 19.2 Å². The van der Waals surface area contributed by atoms with Gasteiger partial charge in [0.25, 0.3) is 5.91 Å². The van der Waals surface area contributed by atoms with Gasteiger partial charge in [0.15, 0.2) is 0 Å². The van der Waals surface area contributed by atoms with E-state index in [9.17, 15) is 4.79 Å². The van der Waals surface area contributed by atoms with E-state index in [1.807, 2.05) is 0 Å². The molecule has 0 aromatic heterocycles. The van der Waals surface area contributed by atoms with Crippen molar-refractivity contribution in [2.45, 2.75) is 32.2 Å². The van der Waals surface area contributed by atoms with Gasteiger partial charge in [-0.05, 0) is 44.7 Å². The quantitative estimate of drug-likeness (QED) is 0.803. The standard InChI is InChI=1S/C14H20N2O2/c1-14(2,10-4-5-10)16-13(17)9-6-11(15)8-12(7-9)18-3/h6-8,10H,4-5,15H2,1-3H3,(H,16,17). The minimum atomic E-state index is -0.158. The number of anilines is 1. The first-order valence-corrected chi connectivity index (χ1v) is 6.19. The molecule has 1 fully saturated rings. The van der Waals surface area contributed by atoms with Gasteiger partial charge in [-0.3, -0.25) is 4.79 Å². The maximum Gasteiger partial charge on any atom is 0.251 e. The SMILES string of the molecule is COc1cc(N)cc(C(=O)NC(C)(C)C2CC2)c1. The summed E-state index contributed by atoms with van der Waals surface area (Å²) in [4.78, 5) is 12.2. The second-order valence-electron chi connectivity index (χ2n) is 5.44. The van der Waals surface area contributed by atoms with E-state index < -0.39 is 0 Å². The first-order chi connectivity index (χ1) is 8.42. The Balaban J connectivity index is 2.15. The van der Waals surface area contributed by atoms with Crippen molar-refractivity contribution in [1.82, 2.24) is 5.32 Å². The van der Waals surface area contributed by atoms with E-state index in [0.29, 0.717) is 22.9 Å². The molecule has 4 heteroatoms. The monoisotopic (exact) mass is 248 g/mol. The Morgan fingerprint density at radius 3 is 2.61 bits per heavy atom. The summed E-state index contributed by atoms with van der Waals surface area (Å²) in [7, 11) is 1.56. The second kappa shape index (κ2) is 4.52. The molecule has 0 spiro atoms. The zero-order valence-electron chi connectivity index (χ0n) is 11.1. The van der Waals surface area contributed by atoms with Crippen molar-refractivity contribution in [2.24, 2.45) is 5.92 Å². The highest BCUT2D eigenvalue weighted by atomic mass is 16.5. The van der Waals surface area contributed by atoms with Gasteiger partial charge in [0.05, 0.1) is 7.11 Å². The maximum absolute atomic E-state index is 12.2. The molecule has 1 aliphatic rings. The minimum Gasteiger partial charge on any atom is -0.497 e. The van der Waals surface area contributed by atoms with Crippen LogP contribution in [0.2, 0.25) is 0 Å². The van der Waals surface area contributed by atoms with E-state index in [1.165, 1.54) is 12.8 Å². The molecule has 2 rings (SSSR count). The van der Waals surface area contributed by atoms with Crippen LogP contribution in [-0.4, -0.2) is 18.6 Å². The first kappa shape index (κ1) is 12.7. The molecule has 1 amide bonds. The van der Waals surface area contributed by atoms with E-state index in [4.69, 9.17) is 10.5 Å². The Morgan fingerprint density at radius 2 is 2.06 bits per heavy atom. The fourth-order valence-corrected chi connectivity index (χ4v) is 2.14. The Bertz CT molecular complexity index is 465. The van der Waals surface area contributed by atoms with E-state index in [1.54, 1.807) is 25.3 Å². The van der Waals surface area contributed by atoms with Gasteiger partial charge in [0.2, 0.25) is 0 Å². The summed E-state index contributed by atoms with van der Waals surface area (Å²) in [6.45, 7) is 4.12. The molecule has 1 aromatic rings. The number of hydrogen-bond acceptors (Lipinski definition) is 3. The van der Waals surface area contributed by atoms with Crippen LogP contribution in [-0.2, 0) is 0 Å². The molecule has 18 heavy (non-hydrogen) atoms. The third-order valence-electron chi connectivity index (χ3n) is 3.46. The van der Waals surface area contributed by atoms with Gasteiger partial charge in [-0.15, -0.1) is 0 Å². The lowest BCUT2D eigenvalue weighted by Gasteiger charge is -2.26. The number of carbonyl (C=O) groups is 1. The van der Waals surface area contributed by atoms with Crippen LogP contribution in [0.3, 0.4) is 0 Å². The van der Waals surface area contributed by atoms with E-state index in [-0.39, 0.29) is 11.4 Å². The summed E-state index contributed by atoms with van der Waals surface area (Å²) in [5, 5.41) is 3.06. The highest BCUT2D eigenvalue weighted by molar-refractivity contribution is 5.96. The zero-order chi connectivity index (χ0) is 13.3. The third-order valence-corrected chi connectivity index (χ3v) is 3.46. The third kappa shape index (κ3) is 2.75. The van der Waals surface area contributed by atoms with Gasteiger partial charge in [-0.2, -0.15) is 0 Å².